The summed E-state index contributed by atoms with van der Waals surface area (Å²) in [7, 11) is 1.60. The first-order chi connectivity index (χ1) is 17.7. The Hall–Kier alpha value is -3.34. The molecule has 2 fully saturated rings. The average molecular weight is 520 g/mol. The number of piperidine rings is 1. The van der Waals surface area contributed by atoms with Crippen LogP contribution in [-0.2, 0) is 11.2 Å². The molecule has 0 saturated carbocycles. The second-order valence-electron chi connectivity index (χ2n) is 9.50. The van der Waals surface area contributed by atoms with Gasteiger partial charge >= 0.3 is 6.18 Å². The number of pyridine rings is 1. The van der Waals surface area contributed by atoms with Crippen LogP contribution in [0.25, 0.3) is 0 Å². The van der Waals surface area contributed by atoms with E-state index in [-0.39, 0.29) is 29.6 Å². The lowest BCUT2D eigenvalue weighted by Gasteiger charge is -2.37. The molecule has 11 heteroatoms. The number of carbonyl (C=O) groups excluding carboxylic acids is 2. The van der Waals surface area contributed by atoms with Crippen LogP contribution >= 0.6 is 0 Å². The summed E-state index contributed by atoms with van der Waals surface area (Å²) >= 11 is 0. The van der Waals surface area contributed by atoms with Crippen LogP contribution in [0.15, 0.2) is 42.6 Å². The second kappa shape index (κ2) is 11.8. The lowest BCUT2D eigenvalue weighted by Crippen LogP contribution is -2.46. The van der Waals surface area contributed by atoms with Crippen molar-refractivity contribution in [2.75, 3.05) is 44.7 Å². The van der Waals surface area contributed by atoms with Gasteiger partial charge in [-0.05, 0) is 43.0 Å². The molecule has 37 heavy (non-hydrogen) atoms. The van der Waals surface area contributed by atoms with Crippen LogP contribution in [0.2, 0.25) is 0 Å². The Morgan fingerprint density at radius 1 is 1.11 bits per heavy atom. The number of ether oxygens (including phenoxy) is 1. The minimum atomic E-state index is -4.35. The number of benzene rings is 1. The molecular weight excluding hydrogens is 487 g/mol. The van der Waals surface area contributed by atoms with Gasteiger partial charge in [-0.3, -0.25) is 14.5 Å². The van der Waals surface area contributed by atoms with Crippen LogP contribution in [-0.4, -0.2) is 79.8 Å². The van der Waals surface area contributed by atoms with Gasteiger partial charge in [0, 0.05) is 49.9 Å². The molecule has 3 heterocycles. The predicted molar refractivity (Wildman–Crippen MR) is 133 cm³/mol. The molecule has 2 aromatic rings. The Balaban J connectivity index is 1.18. The van der Waals surface area contributed by atoms with E-state index in [9.17, 15) is 22.8 Å². The third kappa shape index (κ3) is 7.58. The summed E-state index contributed by atoms with van der Waals surface area (Å²) in [5, 5.41) is 5.47. The topological polar surface area (TPSA) is 86.8 Å². The number of methoxy groups -OCH3 is 1. The predicted octanol–water partition coefficient (Wildman–Crippen LogP) is 2.78. The summed E-state index contributed by atoms with van der Waals surface area (Å²) < 4.78 is 43.0. The molecule has 4 rings (SSSR count). The Kier molecular flexibility index (Phi) is 8.52. The molecule has 0 unspecified atom stereocenters. The molecule has 0 radical (unpaired) electrons. The zero-order chi connectivity index (χ0) is 26.4. The normalized spacial score (nSPS) is 19.0. The first-order valence-corrected chi connectivity index (χ1v) is 12.4. The number of nitrogens with zero attached hydrogens (tertiary/aromatic N) is 3. The van der Waals surface area contributed by atoms with Crippen LogP contribution < -0.4 is 20.3 Å². The number of nitrogens with one attached hydrogen (secondary N) is 2. The number of rotatable bonds is 8. The zero-order valence-electron chi connectivity index (χ0n) is 20.8. The molecule has 200 valence electrons. The third-order valence-corrected chi connectivity index (χ3v) is 6.86. The van der Waals surface area contributed by atoms with Gasteiger partial charge < -0.3 is 20.3 Å². The monoisotopic (exact) mass is 519 g/mol. The maximum absolute atomic E-state index is 12.6. The van der Waals surface area contributed by atoms with Gasteiger partial charge in [-0.15, -0.1) is 0 Å². The Bertz CT molecular complexity index is 1070. The van der Waals surface area contributed by atoms with Crippen molar-refractivity contribution >= 4 is 17.5 Å². The Morgan fingerprint density at radius 3 is 2.57 bits per heavy atom. The molecule has 2 aliphatic rings. The Labute approximate surface area is 214 Å². The maximum Gasteiger partial charge on any atom is 0.393 e. The van der Waals surface area contributed by atoms with E-state index in [0.717, 1.165) is 51.1 Å². The van der Waals surface area contributed by atoms with Crippen LogP contribution in [0.5, 0.6) is 5.88 Å². The number of anilines is 1. The van der Waals surface area contributed by atoms with Gasteiger partial charge in [-0.1, -0.05) is 12.1 Å². The van der Waals surface area contributed by atoms with Crippen molar-refractivity contribution in [3.8, 4) is 5.88 Å². The number of hydrogen-bond acceptors (Lipinski definition) is 6. The van der Waals surface area contributed by atoms with E-state index in [2.05, 4.69) is 25.4 Å². The lowest BCUT2D eigenvalue weighted by molar-refractivity contribution is -0.127. The van der Waals surface area contributed by atoms with Crippen molar-refractivity contribution in [2.45, 2.75) is 43.9 Å². The second-order valence-corrected chi connectivity index (χ2v) is 9.50. The number of amides is 2. The van der Waals surface area contributed by atoms with E-state index in [0.29, 0.717) is 11.9 Å². The first kappa shape index (κ1) is 26.7. The fourth-order valence-corrected chi connectivity index (χ4v) is 5.00. The standard InChI is InChI=1S/C26H32F3N5O3/c1-37-24-6-5-22(15-30-24)33-11-8-21(9-12-33)34-10-7-20(17-34)32-23(35)16-31-25(36)19-4-2-3-18(13-19)14-26(27,28)29/h2-6,13,15,20-21H,7-12,14,16-17H2,1H3,(H,31,36)(H,32,35)/t20-/m1/s1. The van der Waals surface area contributed by atoms with Crippen molar-refractivity contribution < 1.29 is 27.5 Å². The van der Waals surface area contributed by atoms with Crippen molar-refractivity contribution in [2.24, 2.45) is 0 Å². The molecular formula is C26H32F3N5O3. The van der Waals surface area contributed by atoms with Crippen molar-refractivity contribution in [1.82, 2.24) is 20.5 Å². The first-order valence-electron chi connectivity index (χ1n) is 12.4. The molecule has 1 aromatic carbocycles. The smallest absolute Gasteiger partial charge is 0.393 e. The summed E-state index contributed by atoms with van der Waals surface area (Å²) in [6.07, 6.45) is -0.744. The van der Waals surface area contributed by atoms with Gasteiger partial charge in [0.15, 0.2) is 0 Å². The minimum absolute atomic E-state index is 0.00199. The van der Waals surface area contributed by atoms with E-state index in [1.807, 2.05) is 18.3 Å². The van der Waals surface area contributed by atoms with E-state index >= 15 is 0 Å². The number of hydrogen-bond donors (Lipinski definition) is 2. The number of carbonyl (C=O) groups is 2. The largest absolute Gasteiger partial charge is 0.481 e. The molecule has 2 N–H and O–H groups in total. The number of halogens is 3. The van der Waals surface area contributed by atoms with E-state index in [4.69, 9.17) is 4.74 Å². The van der Waals surface area contributed by atoms with Crippen molar-refractivity contribution in [1.29, 1.82) is 0 Å². The summed E-state index contributed by atoms with van der Waals surface area (Å²) in [6.45, 7) is 3.30. The highest BCUT2D eigenvalue weighted by Gasteiger charge is 2.31. The van der Waals surface area contributed by atoms with Crippen LogP contribution in [0, 0.1) is 0 Å². The van der Waals surface area contributed by atoms with Crippen molar-refractivity contribution in [3.63, 3.8) is 0 Å². The molecule has 0 spiro atoms. The third-order valence-electron chi connectivity index (χ3n) is 6.86. The lowest BCUT2D eigenvalue weighted by atomic mass is 10.0. The molecule has 8 nitrogen and oxygen atoms in total. The molecule has 1 atom stereocenters. The minimum Gasteiger partial charge on any atom is -0.481 e. The fourth-order valence-electron chi connectivity index (χ4n) is 5.00. The van der Waals surface area contributed by atoms with Crippen LogP contribution in [0.4, 0.5) is 18.9 Å². The quantitative estimate of drug-likeness (QED) is 0.558. The highest BCUT2D eigenvalue weighted by Crippen LogP contribution is 2.26. The number of aromatic nitrogens is 1. The van der Waals surface area contributed by atoms with E-state index in [1.54, 1.807) is 7.11 Å². The Morgan fingerprint density at radius 2 is 1.89 bits per heavy atom. The SMILES string of the molecule is COc1ccc(N2CCC(N3CC[C@@H](NC(=O)CNC(=O)c4cccc(CC(F)(F)F)c4)C3)CC2)cn1. The summed E-state index contributed by atoms with van der Waals surface area (Å²) in [5.74, 6) is -0.294. The molecule has 2 amide bonds. The average Bonchev–Trinajstić information content (AvgIpc) is 3.35. The summed E-state index contributed by atoms with van der Waals surface area (Å²) in [5.41, 5.74) is 1.18. The number of likely N-dealkylation sites (tertiary alicyclic amines) is 1. The van der Waals surface area contributed by atoms with Gasteiger partial charge in [0.25, 0.3) is 5.91 Å². The van der Waals surface area contributed by atoms with E-state index in [1.165, 1.54) is 24.3 Å². The summed E-state index contributed by atoms with van der Waals surface area (Å²) in [6, 6.07) is 9.69. The van der Waals surface area contributed by atoms with Gasteiger partial charge in [-0.25, -0.2) is 4.98 Å². The zero-order valence-corrected chi connectivity index (χ0v) is 20.8. The molecule has 1 aromatic heterocycles. The molecule has 0 aliphatic carbocycles. The molecule has 0 bridgehead atoms. The van der Waals surface area contributed by atoms with Gasteiger partial charge in [0.05, 0.1) is 32.0 Å². The van der Waals surface area contributed by atoms with Crippen LogP contribution in [0.1, 0.15) is 35.2 Å². The van der Waals surface area contributed by atoms with Crippen LogP contribution in [0.3, 0.4) is 0 Å². The molecule has 2 saturated heterocycles. The summed E-state index contributed by atoms with van der Waals surface area (Å²) in [4.78, 5) is 33.8. The maximum atomic E-state index is 12.6. The highest BCUT2D eigenvalue weighted by atomic mass is 19.4. The van der Waals surface area contributed by atoms with Gasteiger partial charge in [0.2, 0.25) is 11.8 Å². The fraction of sp³-hybridized carbons (Fsp3) is 0.500. The number of alkyl halides is 3. The van der Waals surface area contributed by atoms with Gasteiger partial charge in [-0.2, -0.15) is 13.2 Å². The molecule has 2 aliphatic heterocycles. The van der Waals surface area contributed by atoms with Crippen molar-refractivity contribution in [3.05, 3.63) is 53.7 Å². The highest BCUT2D eigenvalue weighted by molar-refractivity contribution is 5.96. The van der Waals surface area contributed by atoms with Gasteiger partial charge in [0.1, 0.15) is 0 Å². The van der Waals surface area contributed by atoms with E-state index < -0.39 is 18.5 Å².